The highest BCUT2D eigenvalue weighted by atomic mass is 19.4. The monoisotopic (exact) mass is 297 g/mol. The van der Waals surface area contributed by atoms with E-state index in [0.717, 1.165) is 12.1 Å². The van der Waals surface area contributed by atoms with Gasteiger partial charge in [-0.05, 0) is 23.8 Å². The number of aromatic nitrogens is 1. The fourth-order valence-corrected chi connectivity index (χ4v) is 1.88. The number of nitro groups is 1. The third kappa shape index (κ3) is 3.16. The SMILES string of the molecule is NC(c1cccnc1)c1ccc(C(F)(F)F)cc1[N+](=O)[O-]. The van der Waals surface area contributed by atoms with Crippen molar-refractivity contribution in [3.63, 3.8) is 0 Å². The Bertz CT molecular complexity index is 659. The molecular weight excluding hydrogens is 287 g/mol. The van der Waals surface area contributed by atoms with E-state index in [0.29, 0.717) is 11.6 Å². The van der Waals surface area contributed by atoms with Gasteiger partial charge in [0.25, 0.3) is 5.69 Å². The molecule has 0 fully saturated rings. The van der Waals surface area contributed by atoms with Gasteiger partial charge >= 0.3 is 6.18 Å². The van der Waals surface area contributed by atoms with Gasteiger partial charge in [0.05, 0.1) is 22.1 Å². The van der Waals surface area contributed by atoms with Crippen molar-refractivity contribution in [2.24, 2.45) is 5.73 Å². The summed E-state index contributed by atoms with van der Waals surface area (Å²) in [5, 5.41) is 11.0. The lowest BCUT2D eigenvalue weighted by molar-refractivity contribution is -0.385. The van der Waals surface area contributed by atoms with Crippen molar-refractivity contribution in [1.82, 2.24) is 4.98 Å². The molecule has 1 heterocycles. The van der Waals surface area contributed by atoms with Crippen molar-refractivity contribution < 1.29 is 18.1 Å². The molecule has 0 aliphatic carbocycles. The van der Waals surface area contributed by atoms with Gasteiger partial charge in [0.15, 0.2) is 0 Å². The van der Waals surface area contributed by atoms with Gasteiger partial charge in [-0.2, -0.15) is 13.2 Å². The molecule has 1 atom stereocenters. The average Bonchev–Trinajstić information content (AvgIpc) is 2.45. The number of pyridine rings is 1. The van der Waals surface area contributed by atoms with Crippen LogP contribution in [0.3, 0.4) is 0 Å². The second-order valence-corrected chi connectivity index (χ2v) is 4.29. The molecule has 0 amide bonds. The number of rotatable bonds is 3. The number of benzene rings is 1. The molecule has 1 unspecified atom stereocenters. The predicted molar refractivity (Wildman–Crippen MR) is 68.4 cm³/mol. The molecule has 0 radical (unpaired) electrons. The van der Waals surface area contributed by atoms with E-state index in [9.17, 15) is 23.3 Å². The van der Waals surface area contributed by atoms with E-state index >= 15 is 0 Å². The Kier molecular flexibility index (Phi) is 3.90. The molecule has 0 aliphatic heterocycles. The highest BCUT2D eigenvalue weighted by Gasteiger charge is 2.33. The lowest BCUT2D eigenvalue weighted by Gasteiger charge is -2.14. The third-order valence-electron chi connectivity index (χ3n) is 2.93. The van der Waals surface area contributed by atoms with Gasteiger partial charge in [0.1, 0.15) is 0 Å². The highest BCUT2D eigenvalue weighted by molar-refractivity contribution is 5.48. The Balaban J connectivity index is 2.51. The second kappa shape index (κ2) is 5.49. The first kappa shape index (κ1) is 14.9. The Morgan fingerprint density at radius 1 is 1.29 bits per heavy atom. The first-order valence-corrected chi connectivity index (χ1v) is 5.81. The van der Waals surface area contributed by atoms with Gasteiger partial charge in [-0.25, -0.2) is 0 Å². The minimum absolute atomic E-state index is 0.000926. The zero-order valence-electron chi connectivity index (χ0n) is 10.5. The highest BCUT2D eigenvalue weighted by Crippen LogP contribution is 2.35. The summed E-state index contributed by atoms with van der Waals surface area (Å²) in [6.07, 6.45) is -1.74. The van der Waals surface area contributed by atoms with Crippen LogP contribution in [0.4, 0.5) is 18.9 Å². The average molecular weight is 297 g/mol. The van der Waals surface area contributed by atoms with E-state index in [1.165, 1.54) is 12.4 Å². The van der Waals surface area contributed by atoms with Crippen LogP contribution in [0.15, 0.2) is 42.7 Å². The first-order valence-electron chi connectivity index (χ1n) is 5.81. The lowest BCUT2D eigenvalue weighted by Crippen LogP contribution is -2.15. The van der Waals surface area contributed by atoms with Gasteiger partial charge in [0, 0.05) is 18.5 Å². The molecule has 2 aromatic rings. The molecule has 0 aliphatic rings. The van der Waals surface area contributed by atoms with E-state index in [-0.39, 0.29) is 5.56 Å². The van der Waals surface area contributed by atoms with Crippen LogP contribution < -0.4 is 5.73 Å². The van der Waals surface area contributed by atoms with Crippen molar-refractivity contribution in [3.8, 4) is 0 Å². The minimum atomic E-state index is -4.65. The number of nitro benzene ring substituents is 1. The molecule has 5 nitrogen and oxygen atoms in total. The number of hydrogen-bond acceptors (Lipinski definition) is 4. The van der Waals surface area contributed by atoms with Crippen LogP contribution in [-0.2, 0) is 6.18 Å². The normalized spacial score (nSPS) is 13.0. The summed E-state index contributed by atoms with van der Waals surface area (Å²) in [6, 6.07) is 4.55. The maximum atomic E-state index is 12.6. The standard InChI is InChI=1S/C13H10F3N3O2/c14-13(15,16)9-3-4-10(11(6-9)19(20)21)12(17)8-2-1-5-18-7-8/h1-7,12H,17H2. The summed E-state index contributed by atoms with van der Waals surface area (Å²) in [5.41, 5.74) is 4.61. The number of nitrogens with zero attached hydrogens (tertiary/aromatic N) is 2. The van der Waals surface area contributed by atoms with Crippen molar-refractivity contribution in [2.75, 3.05) is 0 Å². The Hall–Kier alpha value is -2.48. The van der Waals surface area contributed by atoms with Gasteiger partial charge in [-0.1, -0.05) is 6.07 Å². The topological polar surface area (TPSA) is 82.0 Å². The summed E-state index contributed by atoms with van der Waals surface area (Å²) < 4.78 is 37.9. The van der Waals surface area contributed by atoms with Gasteiger partial charge < -0.3 is 5.73 Å². The summed E-state index contributed by atoms with van der Waals surface area (Å²) in [5.74, 6) is 0. The molecule has 21 heavy (non-hydrogen) atoms. The van der Waals surface area contributed by atoms with Crippen molar-refractivity contribution >= 4 is 5.69 Å². The number of halogens is 3. The van der Waals surface area contributed by atoms with E-state index < -0.39 is 28.4 Å². The molecule has 2 N–H and O–H groups in total. The van der Waals surface area contributed by atoms with E-state index in [1.54, 1.807) is 12.1 Å². The van der Waals surface area contributed by atoms with Crippen LogP contribution in [-0.4, -0.2) is 9.91 Å². The second-order valence-electron chi connectivity index (χ2n) is 4.29. The molecule has 0 spiro atoms. The maximum absolute atomic E-state index is 12.6. The molecule has 110 valence electrons. The van der Waals surface area contributed by atoms with E-state index in [2.05, 4.69) is 4.98 Å². The fourth-order valence-electron chi connectivity index (χ4n) is 1.88. The number of hydrogen-bond donors (Lipinski definition) is 1. The molecule has 0 saturated heterocycles. The quantitative estimate of drug-likeness (QED) is 0.697. The van der Waals surface area contributed by atoms with E-state index in [4.69, 9.17) is 5.73 Å². The van der Waals surface area contributed by atoms with Gasteiger partial charge in [-0.3, -0.25) is 15.1 Å². The summed E-state index contributed by atoms with van der Waals surface area (Å²) in [4.78, 5) is 14.0. The smallest absolute Gasteiger partial charge is 0.320 e. The zero-order valence-corrected chi connectivity index (χ0v) is 10.5. The van der Waals surface area contributed by atoms with Crippen LogP contribution in [0.5, 0.6) is 0 Å². The molecule has 1 aromatic heterocycles. The van der Waals surface area contributed by atoms with Crippen LogP contribution in [0.2, 0.25) is 0 Å². The van der Waals surface area contributed by atoms with Crippen LogP contribution in [0.25, 0.3) is 0 Å². The summed E-state index contributed by atoms with van der Waals surface area (Å²) in [6.45, 7) is 0. The summed E-state index contributed by atoms with van der Waals surface area (Å²) >= 11 is 0. The van der Waals surface area contributed by atoms with Crippen molar-refractivity contribution in [1.29, 1.82) is 0 Å². The third-order valence-corrected chi connectivity index (χ3v) is 2.93. The Morgan fingerprint density at radius 3 is 2.52 bits per heavy atom. The lowest BCUT2D eigenvalue weighted by atomic mass is 9.98. The maximum Gasteiger partial charge on any atom is 0.416 e. The first-order chi connectivity index (χ1) is 9.80. The number of nitrogens with two attached hydrogens (primary N) is 1. The van der Waals surface area contributed by atoms with Gasteiger partial charge in [-0.15, -0.1) is 0 Å². The largest absolute Gasteiger partial charge is 0.416 e. The Morgan fingerprint density at radius 2 is 2.00 bits per heavy atom. The van der Waals surface area contributed by atoms with Crippen LogP contribution in [0, 0.1) is 10.1 Å². The molecule has 0 saturated carbocycles. The predicted octanol–water partition coefficient (Wildman–Crippen LogP) is 3.06. The molecular formula is C13H10F3N3O2. The zero-order chi connectivity index (χ0) is 15.6. The fraction of sp³-hybridized carbons (Fsp3) is 0.154. The van der Waals surface area contributed by atoms with Crippen LogP contribution in [0.1, 0.15) is 22.7 Å². The van der Waals surface area contributed by atoms with Crippen LogP contribution >= 0.6 is 0 Å². The number of alkyl halides is 3. The molecule has 2 rings (SSSR count). The van der Waals surface area contributed by atoms with Crippen molar-refractivity contribution in [3.05, 3.63) is 69.5 Å². The molecule has 0 bridgehead atoms. The molecule has 1 aromatic carbocycles. The Labute approximate surface area is 117 Å². The molecule has 8 heteroatoms. The summed E-state index contributed by atoms with van der Waals surface area (Å²) in [7, 11) is 0. The van der Waals surface area contributed by atoms with Crippen molar-refractivity contribution in [2.45, 2.75) is 12.2 Å². The minimum Gasteiger partial charge on any atom is -0.320 e. The van der Waals surface area contributed by atoms with Gasteiger partial charge in [0.2, 0.25) is 0 Å². The van der Waals surface area contributed by atoms with E-state index in [1.807, 2.05) is 0 Å².